The minimum absolute atomic E-state index is 0.0875. The van der Waals surface area contributed by atoms with E-state index in [1.807, 2.05) is 0 Å². The second kappa shape index (κ2) is 8.64. The summed E-state index contributed by atoms with van der Waals surface area (Å²) in [5.41, 5.74) is 0.571. The summed E-state index contributed by atoms with van der Waals surface area (Å²) in [6.45, 7) is 0.570. The molecule has 1 saturated heterocycles. The van der Waals surface area contributed by atoms with Gasteiger partial charge in [0.25, 0.3) is 0 Å². The molecule has 2 aromatic carbocycles. The maximum absolute atomic E-state index is 12.4. The number of rotatable bonds is 7. The number of amides is 1. The largest absolute Gasteiger partial charge is 0.573 e. The molecule has 1 unspecified atom stereocenters. The van der Waals surface area contributed by atoms with Gasteiger partial charge in [-0.25, -0.2) is 0 Å². The van der Waals surface area contributed by atoms with E-state index in [-0.39, 0.29) is 29.4 Å². The van der Waals surface area contributed by atoms with Crippen LogP contribution in [0.3, 0.4) is 0 Å². The number of hydrogen-bond donors (Lipinski definition) is 0. The zero-order valence-corrected chi connectivity index (χ0v) is 15.8. The van der Waals surface area contributed by atoms with E-state index in [9.17, 15) is 18.0 Å². The quantitative estimate of drug-likeness (QED) is 0.679. The van der Waals surface area contributed by atoms with Crippen LogP contribution in [0.15, 0.2) is 48.5 Å². The second-order valence-corrected chi connectivity index (χ2v) is 6.96. The van der Waals surface area contributed by atoms with E-state index in [0.29, 0.717) is 23.6 Å². The van der Waals surface area contributed by atoms with Gasteiger partial charge < -0.3 is 19.1 Å². The molecule has 0 spiro atoms. The number of carbonyl (C=O) groups is 1. The highest BCUT2D eigenvalue weighted by molar-refractivity contribution is 8.00. The maximum Gasteiger partial charge on any atom is 0.573 e. The zero-order chi connectivity index (χ0) is 20.1. The number of benzene rings is 2. The molecule has 0 N–H and O–H groups in total. The monoisotopic (exact) mass is 413 g/mol. The molecule has 1 aliphatic rings. The molecule has 0 aromatic heterocycles. The molecule has 9 heteroatoms. The zero-order valence-electron chi connectivity index (χ0n) is 14.9. The molecule has 0 aliphatic carbocycles. The van der Waals surface area contributed by atoms with E-state index < -0.39 is 6.36 Å². The van der Waals surface area contributed by atoms with Crippen LogP contribution in [0, 0.1) is 0 Å². The van der Waals surface area contributed by atoms with Crippen LogP contribution in [0.5, 0.6) is 17.2 Å². The SMILES string of the molecule is COc1ccc(OCCN2C(=O)CSC2c2cccc(OC(F)(F)F)c2)cc1. The van der Waals surface area contributed by atoms with Crippen LogP contribution in [-0.2, 0) is 4.79 Å². The van der Waals surface area contributed by atoms with E-state index in [4.69, 9.17) is 9.47 Å². The van der Waals surface area contributed by atoms with Gasteiger partial charge in [0, 0.05) is 0 Å². The molecule has 1 aliphatic heterocycles. The minimum Gasteiger partial charge on any atom is -0.497 e. The number of hydrogen-bond acceptors (Lipinski definition) is 5. The van der Waals surface area contributed by atoms with Crippen LogP contribution in [0.1, 0.15) is 10.9 Å². The molecule has 1 heterocycles. The van der Waals surface area contributed by atoms with Crippen molar-refractivity contribution in [3.8, 4) is 17.2 Å². The average Bonchev–Trinajstić information content (AvgIpc) is 3.02. The molecule has 28 heavy (non-hydrogen) atoms. The highest BCUT2D eigenvalue weighted by Gasteiger charge is 2.34. The summed E-state index contributed by atoms with van der Waals surface area (Å²) in [6.07, 6.45) is -4.76. The van der Waals surface area contributed by atoms with Gasteiger partial charge >= 0.3 is 6.36 Å². The van der Waals surface area contributed by atoms with Crippen LogP contribution >= 0.6 is 11.8 Å². The average molecular weight is 413 g/mol. The van der Waals surface area contributed by atoms with Crippen molar-refractivity contribution in [2.75, 3.05) is 26.0 Å². The Labute approximate surface area is 164 Å². The van der Waals surface area contributed by atoms with E-state index in [2.05, 4.69) is 4.74 Å². The number of halogens is 3. The highest BCUT2D eigenvalue weighted by atomic mass is 32.2. The van der Waals surface area contributed by atoms with Crippen molar-refractivity contribution in [1.29, 1.82) is 0 Å². The van der Waals surface area contributed by atoms with E-state index in [1.165, 1.54) is 30.0 Å². The smallest absolute Gasteiger partial charge is 0.497 e. The van der Waals surface area contributed by atoms with Crippen molar-refractivity contribution in [2.45, 2.75) is 11.7 Å². The van der Waals surface area contributed by atoms with Gasteiger partial charge in [-0.05, 0) is 42.0 Å². The molecule has 0 saturated carbocycles. The Morgan fingerprint density at radius 2 is 1.82 bits per heavy atom. The summed E-state index contributed by atoms with van der Waals surface area (Å²) < 4.78 is 52.1. The van der Waals surface area contributed by atoms with Gasteiger partial charge in [-0.1, -0.05) is 12.1 Å². The normalized spacial score (nSPS) is 16.9. The van der Waals surface area contributed by atoms with Crippen molar-refractivity contribution in [1.82, 2.24) is 4.90 Å². The van der Waals surface area contributed by atoms with Crippen LogP contribution in [-0.4, -0.2) is 43.2 Å². The molecular formula is C19H18F3NO4S. The lowest BCUT2D eigenvalue weighted by atomic mass is 10.2. The molecule has 1 amide bonds. The van der Waals surface area contributed by atoms with Crippen molar-refractivity contribution in [2.24, 2.45) is 0 Å². The third-order valence-electron chi connectivity index (χ3n) is 4.01. The fourth-order valence-corrected chi connectivity index (χ4v) is 3.98. The minimum atomic E-state index is -4.76. The summed E-state index contributed by atoms with van der Waals surface area (Å²) in [5, 5.41) is -0.385. The number of ether oxygens (including phenoxy) is 3. The topological polar surface area (TPSA) is 48.0 Å². The Morgan fingerprint density at radius 1 is 1.11 bits per heavy atom. The van der Waals surface area contributed by atoms with Crippen LogP contribution in [0.25, 0.3) is 0 Å². The van der Waals surface area contributed by atoms with E-state index >= 15 is 0 Å². The first-order chi connectivity index (χ1) is 13.4. The standard InChI is InChI=1S/C19H18F3NO4S/c1-25-14-5-7-15(8-6-14)26-10-9-23-17(24)12-28-18(23)13-3-2-4-16(11-13)27-19(20,21)22/h2-8,11,18H,9-10,12H2,1H3. The van der Waals surface area contributed by atoms with Gasteiger partial charge in [0.15, 0.2) is 0 Å². The van der Waals surface area contributed by atoms with Gasteiger partial charge in [0.05, 0.1) is 19.4 Å². The van der Waals surface area contributed by atoms with Crippen LogP contribution < -0.4 is 14.2 Å². The van der Waals surface area contributed by atoms with Crippen LogP contribution in [0.4, 0.5) is 13.2 Å². The Kier molecular flexibility index (Phi) is 6.23. The first-order valence-corrected chi connectivity index (χ1v) is 9.44. The summed E-state index contributed by atoms with van der Waals surface area (Å²) in [6, 6.07) is 12.7. The van der Waals surface area contributed by atoms with Gasteiger partial charge in [-0.15, -0.1) is 24.9 Å². The van der Waals surface area contributed by atoms with Gasteiger partial charge in [0.1, 0.15) is 29.2 Å². The van der Waals surface area contributed by atoms with Crippen molar-refractivity contribution in [3.63, 3.8) is 0 Å². The third kappa shape index (κ3) is 5.25. The van der Waals surface area contributed by atoms with Crippen molar-refractivity contribution < 1.29 is 32.2 Å². The highest BCUT2D eigenvalue weighted by Crippen LogP contribution is 2.39. The molecular weight excluding hydrogens is 395 g/mol. The Hall–Kier alpha value is -2.55. The number of carbonyl (C=O) groups excluding carboxylic acids is 1. The number of alkyl halides is 3. The van der Waals surface area contributed by atoms with Gasteiger partial charge in [0.2, 0.25) is 5.91 Å². The summed E-state index contributed by atoms with van der Waals surface area (Å²) in [5.74, 6) is 1.21. The van der Waals surface area contributed by atoms with Crippen molar-refractivity contribution in [3.05, 3.63) is 54.1 Å². The van der Waals surface area contributed by atoms with Gasteiger partial charge in [-0.2, -0.15) is 0 Å². The lowest BCUT2D eigenvalue weighted by Gasteiger charge is -2.24. The number of thioether (sulfide) groups is 1. The lowest BCUT2D eigenvalue weighted by Crippen LogP contribution is -2.32. The summed E-state index contributed by atoms with van der Waals surface area (Å²) in [7, 11) is 1.57. The first-order valence-electron chi connectivity index (χ1n) is 8.39. The summed E-state index contributed by atoms with van der Waals surface area (Å²) in [4.78, 5) is 13.8. The summed E-state index contributed by atoms with van der Waals surface area (Å²) >= 11 is 1.36. The Morgan fingerprint density at radius 3 is 2.50 bits per heavy atom. The first kappa shape index (κ1) is 20.2. The number of nitrogens with zero attached hydrogens (tertiary/aromatic N) is 1. The molecule has 150 valence electrons. The maximum atomic E-state index is 12.4. The molecule has 1 atom stereocenters. The molecule has 5 nitrogen and oxygen atoms in total. The Balaban J connectivity index is 1.63. The third-order valence-corrected chi connectivity index (χ3v) is 5.26. The van der Waals surface area contributed by atoms with Crippen LogP contribution in [0.2, 0.25) is 0 Å². The van der Waals surface area contributed by atoms with E-state index in [0.717, 1.165) is 0 Å². The fourth-order valence-electron chi connectivity index (χ4n) is 2.77. The second-order valence-electron chi connectivity index (χ2n) is 5.89. The lowest BCUT2D eigenvalue weighted by molar-refractivity contribution is -0.274. The molecule has 1 fully saturated rings. The Bertz CT molecular complexity index is 814. The van der Waals surface area contributed by atoms with Crippen molar-refractivity contribution >= 4 is 17.7 Å². The van der Waals surface area contributed by atoms with Gasteiger partial charge in [-0.3, -0.25) is 4.79 Å². The predicted molar refractivity (Wildman–Crippen MR) is 98.5 cm³/mol. The molecule has 2 aromatic rings. The molecule has 0 radical (unpaired) electrons. The fraction of sp³-hybridized carbons (Fsp3) is 0.316. The molecule has 3 rings (SSSR count). The molecule has 0 bridgehead atoms. The number of methoxy groups -OCH3 is 1. The van der Waals surface area contributed by atoms with E-state index in [1.54, 1.807) is 42.3 Å². The predicted octanol–water partition coefficient (Wildman–Crippen LogP) is 4.25.